The molecule has 0 spiro atoms. The molecule has 0 aliphatic heterocycles. The molecule has 0 aliphatic carbocycles. The van der Waals surface area contributed by atoms with E-state index in [9.17, 15) is 13.2 Å². The molecule has 1 N–H and O–H groups in total. The van der Waals surface area contributed by atoms with Gasteiger partial charge in [0.1, 0.15) is 5.75 Å². The van der Waals surface area contributed by atoms with Crippen LogP contribution in [0.15, 0.2) is 30.3 Å². The molecule has 0 heterocycles. The van der Waals surface area contributed by atoms with Gasteiger partial charge >= 0.3 is 6.36 Å². The largest absolute Gasteiger partial charge is 0.573 e. The van der Waals surface area contributed by atoms with E-state index in [1.54, 1.807) is 6.07 Å². The lowest BCUT2D eigenvalue weighted by atomic mass is 10.3. The van der Waals surface area contributed by atoms with Crippen molar-refractivity contribution < 1.29 is 23.0 Å². The maximum absolute atomic E-state index is 11.5. The minimum Gasteiger partial charge on any atom is -0.406 e. The van der Waals surface area contributed by atoms with Crippen molar-refractivity contribution in [1.82, 2.24) is 0 Å². The Labute approximate surface area is 73.6 Å². The zero-order chi connectivity index (χ0) is 10.3. The van der Waals surface area contributed by atoms with Gasteiger partial charge in [0.05, 0.1) is 0 Å². The Morgan fingerprint density at radius 1 is 1.08 bits per heavy atom. The van der Waals surface area contributed by atoms with Crippen LogP contribution in [0.5, 0.6) is 5.75 Å². The number of halogens is 3. The molecule has 0 fully saturated rings. The van der Waals surface area contributed by atoms with Crippen LogP contribution in [-0.2, 0) is 0 Å². The molecule has 0 aliphatic rings. The van der Waals surface area contributed by atoms with Gasteiger partial charge < -0.3 is 9.84 Å². The van der Waals surface area contributed by atoms with Gasteiger partial charge in [-0.3, -0.25) is 0 Å². The SMILES string of the molecule is CO.FC(F)(F)Oc1ccccc1. The first-order valence-corrected chi connectivity index (χ1v) is 3.33. The fourth-order valence-electron chi connectivity index (χ4n) is 0.622. The molecule has 5 heteroatoms. The molecular weight excluding hydrogens is 185 g/mol. The monoisotopic (exact) mass is 194 g/mol. The van der Waals surface area contributed by atoms with Crippen LogP contribution in [0.25, 0.3) is 0 Å². The van der Waals surface area contributed by atoms with Gasteiger partial charge in [0.25, 0.3) is 0 Å². The fraction of sp³-hybridized carbons (Fsp3) is 0.250. The Bertz CT molecular complexity index is 221. The second-order valence-electron chi connectivity index (χ2n) is 1.86. The summed E-state index contributed by atoms with van der Waals surface area (Å²) in [7, 11) is 1.00. The van der Waals surface area contributed by atoms with Crippen LogP contribution in [0.4, 0.5) is 13.2 Å². The molecule has 0 amide bonds. The van der Waals surface area contributed by atoms with Crippen LogP contribution in [0.3, 0.4) is 0 Å². The number of benzene rings is 1. The standard InChI is InChI=1S/C7H5F3O.CH4O/c8-7(9,10)11-6-4-2-1-3-5-6;1-2/h1-5H;2H,1H3. The molecular formula is C8H9F3O2. The number of hydrogen-bond acceptors (Lipinski definition) is 2. The summed E-state index contributed by atoms with van der Waals surface area (Å²) in [5.41, 5.74) is 0. The average molecular weight is 194 g/mol. The van der Waals surface area contributed by atoms with E-state index >= 15 is 0 Å². The van der Waals surface area contributed by atoms with E-state index in [4.69, 9.17) is 5.11 Å². The summed E-state index contributed by atoms with van der Waals surface area (Å²) in [4.78, 5) is 0. The van der Waals surface area contributed by atoms with E-state index in [0.29, 0.717) is 0 Å². The summed E-state index contributed by atoms with van der Waals surface area (Å²) in [5, 5.41) is 7.00. The third-order valence-electron chi connectivity index (χ3n) is 0.977. The lowest BCUT2D eigenvalue weighted by Crippen LogP contribution is -2.16. The zero-order valence-corrected chi connectivity index (χ0v) is 6.88. The first kappa shape index (κ1) is 11.8. The normalized spacial score (nSPS) is 9.92. The molecule has 74 valence electrons. The van der Waals surface area contributed by atoms with Crippen LogP contribution in [0.1, 0.15) is 0 Å². The van der Waals surface area contributed by atoms with Gasteiger partial charge in [-0.1, -0.05) is 18.2 Å². The fourth-order valence-corrected chi connectivity index (χ4v) is 0.622. The van der Waals surface area contributed by atoms with Crippen LogP contribution in [-0.4, -0.2) is 18.6 Å². The molecule has 1 aromatic rings. The van der Waals surface area contributed by atoms with Crippen molar-refractivity contribution in [3.63, 3.8) is 0 Å². The quantitative estimate of drug-likeness (QED) is 0.742. The Balaban J connectivity index is 0.000000671. The first-order valence-electron chi connectivity index (χ1n) is 3.33. The summed E-state index contributed by atoms with van der Waals surface area (Å²) in [6, 6.07) is 7.05. The molecule has 0 saturated carbocycles. The predicted octanol–water partition coefficient (Wildman–Crippen LogP) is 2.19. The smallest absolute Gasteiger partial charge is 0.406 e. The van der Waals surface area contributed by atoms with Crippen molar-refractivity contribution in [1.29, 1.82) is 0 Å². The van der Waals surface area contributed by atoms with Crippen LogP contribution in [0, 0.1) is 0 Å². The third kappa shape index (κ3) is 5.98. The van der Waals surface area contributed by atoms with E-state index in [1.165, 1.54) is 24.3 Å². The highest BCUT2D eigenvalue weighted by Crippen LogP contribution is 2.21. The summed E-state index contributed by atoms with van der Waals surface area (Å²) in [6.45, 7) is 0. The molecule has 0 atom stereocenters. The molecule has 13 heavy (non-hydrogen) atoms. The lowest BCUT2D eigenvalue weighted by molar-refractivity contribution is -0.274. The van der Waals surface area contributed by atoms with Gasteiger partial charge in [-0.15, -0.1) is 13.2 Å². The highest BCUT2D eigenvalue weighted by Gasteiger charge is 2.30. The molecule has 1 aromatic carbocycles. The second kappa shape index (κ2) is 5.42. The Hall–Kier alpha value is -1.23. The van der Waals surface area contributed by atoms with Crippen molar-refractivity contribution >= 4 is 0 Å². The summed E-state index contributed by atoms with van der Waals surface area (Å²) >= 11 is 0. The van der Waals surface area contributed by atoms with Crippen molar-refractivity contribution in [3.05, 3.63) is 30.3 Å². The van der Waals surface area contributed by atoms with Crippen molar-refractivity contribution in [3.8, 4) is 5.75 Å². The average Bonchev–Trinajstić information content (AvgIpc) is 2.07. The van der Waals surface area contributed by atoms with Gasteiger partial charge in [0.15, 0.2) is 0 Å². The van der Waals surface area contributed by atoms with Gasteiger partial charge in [-0.2, -0.15) is 0 Å². The topological polar surface area (TPSA) is 29.5 Å². The Morgan fingerprint density at radius 2 is 1.54 bits per heavy atom. The van der Waals surface area contributed by atoms with Crippen molar-refractivity contribution in [2.24, 2.45) is 0 Å². The minimum atomic E-state index is -4.60. The molecule has 0 aromatic heterocycles. The molecule has 1 rings (SSSR count). The molecule has 0 bridgehead atoms. The second-order valence-corrected chi connectivity index (χ2v) is 1.86. The summed E-state index contributed by atoms with van der Waals surface area (Å²) in [6.07, 6.45) is -4.60. The summed E-state index contributed by atoms with van der Waals surface area (Å²) < 4.78 is 38.2. The van der Waals surface area contributed by atoms with E-state index < -0.39 is 6.36 Å². The van der Waals surface area contributed by atoms with E-state index in [0.717, 1.165) is 7.11 Å². The van der Waals surface area contributed by atoms with Gasteiger partial charge in [0, 0.05) is 7.11 Å². The van der Waals surface area contributed by atoms with Gasteiger partial charge in [0.2, 0.25) is 0 Å². The molecule has 0 radical (unpaired) electrons. The van der Waals surface area contributed by atoms with E-state index in [2.05, 4.69) is 4.74 Å². The van der Waals surface area contributed by atoms with Gasteiger partial charge in [-0.05, 0) is 12.1 Å². The van der Waals surface area contributed by atoms with E-state index in [1.807, 2.05) is 0 Å². The third-order valence-corrected chi connectivity index (χ3v) is 0.977. The number of rotatable bonds is 1. The lowest BCUT2D eigenvalue weighted by Gasteiger charge is -2.07. The minimum absolute atomic E-state index is 0.194. The van der Waals surface area contributed by atoms with E-state index in [-0.39, 0.29) is 5.75 Å². The summed E-state index contributed by atoms with van der Waals surface area (Å²) in [5.74, 6) is -0.194. The number of aliphatic hydroxyl groups excluding tert-OH is 1. The zero-order valence-electron chi connectivity index (χ0n) is 6.88. The Morgan fingerprint density at radius 3 is 1.92 bits per heavy atom. The molecule has 2 nitrogen and oxygen atoms in total. The molecule has 0 unspecified atom stereocenters. The highest BCUT2D eigenvalue weighted by atomic mass is 19.4. The van der Waals surface area contributed by atoms with Crippen LogP contribution >= 0.6 is 0 Å². The highest BCUT2D eigenvalue weighted by molar-refractivity contribution is 5.20. The van der Waals surface area contributed by atoms with Gasteiger partial charge in [-0.25, -0.2) is 0 Å². The van der Waals surface area contributed by atoms with Crippen LogP contribution < -0.4 is 4.74 Å². The first-order chi connectivity index (χ1) is 6.08. The predicted molar refractivity (Wildman–Crippen MR) is 41.3 cm³/mol. The number of alkyl halides is 3. The number of para-hydroxylation sites is 1. The number of hydrogen-bond donors (Lipinski definition) is 1. The Kier molecular flexibility index (Phi) is 4.91. The van der Waals surface area contributed by atoms with Crippen molar-refractivity contribution in [2.75, 3.05) is 7.11 Å². The number of ether oxygens (including phenoxy) is 1. The number of aliphatic hydroxyl groups is 1. The van der Waals surface area contributed by atoms with Crippen molar-refractivity contribution in [2.45, 2.75) is 6.36 Å². The maximum Gasteiger partial charge on any atom is 0.573 e. The molecule has 0 saturated heterocycles. The van der Waals surface area contributed by atoms with Crippen LogP contribution in [0.2, 0.25) is 0 Å². The maximum atomic E-state index is 11.5.